The number of sulfonamides is 1. The van der Waals surface area contributed by atoms with Crippen LogP contribution in [0, 0.1) is 5.92 Å². The van der Waals surface area contributed by atoms with Gasteiger partial charge in [0.15, 0.2) is 17.6 Å². The summed E-state index contributed by atoms with van der Waals surface area (Å²) in [7, 11) is -3.71. The van der Waals surface area contributed by atoms with E-state index in [-0.39, 0.29) is 24.1 Å². The van der Waals surface area contributed by atoms with E-state index in [2.05, 4.69) is 10.0 Å². The van der Waals surface area contributed by atoms with E-state index in [1.165, 1.54) is 24.3 Å². The number of nitrogens with one attached hydrogen (secondary N) is 2. The zero-order valence-corrected chi connectivity index (χ0v) is 18.0. The molecule has 9 heteroatoms. The Morgan fingerprint density at radius 1 is 1.07 bits per heavy atom. The smallest absolute Gasteiger partial charge is 0.260 e. The second kappa shape index (κ2) is 9.36. The summed E-state index contributed by atoms with van der Waals surface area (Å²) in [5.74, 6) is 1.78. The van der Waals surface area contributed by atoms with Gasteiger partial charge in [-0.1, -0.05) is 19.9 Å². The molecule has 1 heterocycles. The molecule has 0 aromatic heterocycles. The molecule has 2 aromatic rings. The predicted octanol–water partition coefficient (Wildman–Crippen LogP) is 2.43. The monoisotopic (exact) mass is 434 g/mol. The number of carbonyl (C=O) groups excluding carboxylic acids is 1. The fraction of sp³-hybridized carbons (Fsp3) is 0.381. The lowest BCUT2D eigenvalue weighted by Crippen LogP contribution is -2.38. The van der Waals surface area contributed by atoms with Gasteiger partial charge < -0.3 is 19.5 Å². The maximum atomic E-state index is 12.6. The summed E-state index contributed by atoms with van der Waals surface area (Å²) in [4.78, 5) is 12.1. The molecular weight excluding hydrogens is 408 g/mol. The maximum Gasteiger partial charge on any atom is 0.260 e. The van der Waals surface area contributed by atoms with Crippen molar-refractivity contribution in [3.8, 4) is 17.2 Å². The van der Waals surface area contributed by atoms with Crippen LogP contribution >= 0.6 is 0 Å². The molecule has 162 valence electrons. The molecule has 0 aliphatic carbocycles. The SMILES string of the molecule is CC(C)CNC(=O)[C@H](C)Oc1ccc(S(=O)(=O)NCc2ccc3c(c2)OCO3)cc1. The first-order chi connectivity index (χ1) is 14.2. The molecule has 8 nitrogen and oxygen atoms in total. The molecule has 30 heavy (non-hydrogen) atoms. The predicted molar refractivity (Wildman–Crippen MR) is 111 cm³/mol. The van der Waals surface area contributed by atoms with Crippen LogP contribution in [0.15, 0.2) is 47.4 Å². The van der Waals surface area contributed by atoms with E-state index in [1.54, 1.807) is 25.1 Å². The number of ether oxygens (including phenoxy) is 3. The lowest BCUT2D eigenvalue weighted by Gasteiger charge is -2.16. The Labute approximate surface area is 176 Å². The second-order valence-electron chi connectivity index (χ2n) is 7.38. The normalized spacial score (nSPS) is 13.9. The number of hydrogen-bond donors (Lipinski definition) is 2. The lowest BCUT2D eigenvalue weighted by atomic mass is 10.2. The molecule has 3 rings (SSSR count). The van der Waals surface area contributed by atoms with E-state index in [9.17, 15) is 13.2 Å². The minimum atomic E-state index is -3.71. The quantitative estimate of drug-likeness (QED) is 0.628. The van der Waals surface area contributed by atoms with Gasteiger partial charge >= 0.3 is 0 Å². The van der Waals surface area contributed by atoms with E-state index in [4.69, 9.17) is 14.2 Å². The second-order valence-corrected chi connectivity index (χ2v) is 9.15. The van der Waals surface area contributed by atoms with Gasteiger partial charge in [-0.05, 0) is 54.8 Å². The van der Waals surface area contributed by atoms with Crippen LogP contribution in [0.3, 0.4) is 0 Å². The van der Waals surface area contributed by atoms with Gasteiger partial charge in [0, 0.05) is 13.1 Å². The molecule has 0 fully saturated rings. The Morgan fingerprint density at radius 3 is 2.47 bits per heavy atom. The summed E-state index contributed by atoms with van der Waals surface area (Å²) in [6.45, 7) is 6.50. The standard InChI is InChI=1S/C21H26N2O6S/c1-14(2)11-22-21(24)15(3)29-17-5-7-18(8-6-17)30(25,26)23-12-16-4-9-19-20(10-16)28-13-27-19/h4-10,14-15,23H,11-13H2,1-3H3,(H,22,24)/t15-/m0/s1. The van der Waals surface area contributed by atoms with Gasteiger partial charge in [-0.25, -0.2) is 13.1 Å². The van der Waals surface area contributed by atoms with Crippen molar-refractivity contribution in [2.24, 2.45) is 5.92 Å². The third kappa shape index (κ3) is 5.64. The Hall–Kier alpha value is -2.78. The summed E-state index contributed by atoms with van der Waals surface area (Å²) in [5.41, 5.74) is 0.754. The molecule has 1 amide bonds. The highest BCUT2D eigenvalue weighted by Gasteiger charge is 2.18. The fourth-order valence-corrected chi connectivity index (χ4v) is 3.73. The number of fused-ring (bicyclic) bond motifs is 1. The lowest BCUT2D eigenvalue weighted by molar-refractivity contribution is -0.127. The van der Waals surface area contributed by atoms with Crippen molar-refractivity contribution >= 4 is 15.9 Å². The first-order valence-corrected chi connectivity index (χ1v) is 11.2. The summed E-state index contributed by atoms with van der Waals surface area (Å²) in [5, 5.41) is 2.80. The van der Waals surface area contributed by atoms with Crippen LogP contribution in [-0.4, -0.2) is 33.8 Å². The third-order valence-electron chi connectivity index (χ3n) is 4.40. The van der Waals surface area contributed by atoms with Gasteiger partial charge in [0.25, 0.3) is 5.91 Å². The Balaban J connectivity index is 1.57. The van der Waals surface area contributed by atoms with Crippen LogP contribution < -0.4 is 24.2 Å². The van der Waals surface area contributed by atoms with Gasteiger partial charge in [0.05, 0.1) is 4.90 Å². The summed E-state index contributed by atoms with van der Waals surface area (Å²) >= 11 is 0. The zero-order chi connectivity index (χ0) is 21.7. The maximum absolute atomic E-state index is 12.6. The molecule has 0 radical (unpaired) electrons. The van der Waals surface area contributed by atoms with Gasteiger partial charge in [-0.2, -0.15) is 0 Å². The molecule has 2 aromatic carbocycles. The van der Waals surface area contributed by atoms with E-state index >= 15 is 0 Å². The molecule has 0 saturated heterocycles. The number of hydrogen-bond acceptors (Lipinski definition) is 6. The number of carbonyl (C=O) groups is 1. The number of amides is 1. The fourth-order valence-electron chi connectivity index (χ4n) is 2.72. The first-order valence-electron chi connectivity index (χ1n) is 9.67. The molecule has 1 aliphatic rings. The van der Waals surface area contributed by atoms with Crippen LogP contribution in [0.25, 0.3) is 0 Å². The van der Waals surface area contributed by atoms with E-state index in [0.717, 1.165) is 5.56 Å². The number of rotatable bonds is 9. The molecule has 0 bridgehead atoms. The highest BCUT2D eigenvalue weighted by atomic mass is 32.2. The minimum Gasteiger partial charge on any atom is -0.481 e. The van der Waals surface area contributed by atoms with Gasteiger partial charge in [-0.15, -0.1) is 0 Å². The Kier molecular flexibility index (Phi) is 6.84. The van der Waals surface area contributed by atoms with E-state index in [1.807, 2.05) is 13.8 Å². The molecule has 0 spiro atoms. The van der Waals surface area contributed by atoms with Crippen LogP contribution in [0.5, 0.6) is 17.2 Å². The van der Waals surface area contributed by atoms with Gasteiger partial charge in [0.2, 0.25) is 16.8 Å². The van der Waals surface area contributed by atoms with Gasteiger partial charge in [0.1, 0.15) is 5.75 Å². The third-order valence-corrected chi connectivity index (χ3v) is 5.82. The number of benzene rings is 2. The average Bonchev–Trinajstić information content (AvgIpc) is 3.18. The van der Waals surface area contributed by atoms with Crippen molar-refractivity contribution in [1.29, 1.82) is 0 Å². The topological polar surface area (TPSA) is 103 Å². The Bertz CT molecular complexity index is 989. The van der Waals surface area contributed by atoms with Crippen molar-refractivity contribution in [3.63, 3.8) is 0 Å². The van der Waals surface area contributed by atoms with Crippen LogP contribution in [0.4, 0.5) is 0 Å². The largest absolute Gasteiger partial charge is 0.481 e. The molecule has 1 atom stereocenters. The van der Waals surface area contributed by atoms with Crippen molar-refractivity contribution in [2.75, 3.05) is 13.3 Å². The zero-order valence-electron chi connectivity index (χ0n) is 17.2. The van der Waals surface area contributed by atoms with Crippen molar-refractivity contribution in [3.05, 3.63) is 48.0 Å². The summed E-state index contributed by atoms with van der Waals surface area (Å²) in [6, 6.07) is 11.2. The summed E-state index contributed by atoms with van der Waals surface area (Å²) < 4.78 is 43.8. The molecule has 0 unspecified atom stereocenters. The molecular formula is C21H26N2O6S. The highest BCUT2D eigenvalue weighted by molar-refractivity contribution is 7.89. The Morgan fingerprint density at radius 2 is 1.77 bits per heavy atom. The molecule has 2 N–H and O–H groups in total. The van der Waals surface area contributed by atoms with Crippen LogP contribution in [0.2, 0.25) is 0 Å². The molecule has 0 saturated carbocycles. The van der Waals surface area contributed by atoms with Crippen LogP contribution in [0.1, 0.15) is 26.3 Å². The summed E-state index contributed by atoms with van der Waals surface area (Å²) in [6.07, 6.45) is -0.685. The van der Waals surface area contributed by atoms with Gasteiger partial charge in [-0.3, -0.25) is 4.79 Å². The van der Waals surface area contributed by atoms with E-state index < -0.39 is 16.1 Å². The van der Waals surface area contributed by atoms with Crippen LogP contribution in [-0.2, 0) is 21.4 Å². The minimum absolute atomic E-state index is 0.104. The molecule has 1 aliphatic heterocycles. The highest BCUT2D eigenvalue weighted by Crippen LogP contribution is 2.32. The van der Waals surface area contributed by atoms with Crippen molar-refractivity contribution in [1.82, 2.24) is 10.0 Å². The van der Waals surface area contributed by atoms with Crippen molar-refractivity contribution < 1.29 is 27.4 Å². The van der Waals surface area contributed by atoms with E-state index in [0.29, 0.717) is 29.7 Å². The van der Waals surface area contributed by atoms with Crippen molar-refractivity contribution in [2.45, 2.75) is 38.3 Å². The average molecular weight is 435 g/mol. The first kappa shape index (κ1) is 21.9.